The second-order valence-corrected chi connectivity index (χ2v) is 9.26. The molecule has 4 N–H and O–H groups in total. The van der Waals surface area contributed by atoms with Crippen LogP contribution in [0.15, 0.2) is 58.3 Å². The molecular formula is C23H29N4O6S+. The summed E-state index contributed by atoms with van der Waals surface area (Å²) < 4.78 is 43.5. The summed E-state index contributed by atoms with van der Waals surface area (Å²) in [6.45, 7) is 3.06. The molecule has 0 amide bonds. The normalized spacial score (nSPS) is 12.3. The third kappa shape index (κ3) is 7.73. The Morgan fingerprint density at radius 2 is 1.97 bits per heavy atom. The Kier molecular flexibility index (Phi) is 8.88. The summed E-state index contributed by atoms with van der Waals surface area (Å²) in [4.78, 5) is 8.81. The number of aliphatic hydroxyl groups is 1. The number of aromatic nitrogens is 2. The zero-order valence-electron chi connectivity index (χ0n) is 18.9. The number of hydrogen-bond acceptors (Lipinski definition) is 7. The average molecular weight is 490 g/mol. The standard InChI is InChI=1S/C23H28N4O6S/c1-17-15-19(3-4-20(17)26-22(24)7-12-32-13-11-28)21-16-25-23(33-21)18-5-9-27(10-6-18)8-2-14-34(29,30)31/h3-6,9-10,15-16,24,28H,2,7-8,11-14H2,1H3,(H,29,30,31)/p+1. The van der Waals surface area contributed by atoms with Gasteiger partial charge in [0.15, 0.2) is 18.2 Å². The van der Waals surface area contributed by atoms with Crippen LogP contribution in [0.3, 0.4) is 0 Å². The summed E-state index contributed by atoms with van der Waals surface area (Å²) in [7, 11) is -3.95. The van der Waals surface area contributed by atoms with E-state index in [1.165, 1.54) is 0 Å². The zero-order chi connectivity index (χ0) is 24.6. The highest BCUT2D eigenvalue weighted by atomic mass is 32.2. The van der Waals surface area contributed by atoms with E-state index in [0.717, 1.165) is 22.4 Å². The molecule has 3 rings (SSSR count). The molecule has 11 heteroatoms. The van der Waals surface area contributed by atoms with Crippen molar-refractivity contribution in [1.29, 1.82) is 0 Å². The zero-order valence-corrected chi connectivity index (χ0v) is 19.7. The number of ether oxygens (including phenoxy) is 1. The minimum Gasteiger partial charge on any atom is -0.436 e. The molecule has 0 atom stereocenters. The lowest BCUT2D eigenvalue weighted by Gasteiger charge is -2.06. The maximum Gasteiger partial charge on any atom is 0.265 e. The van der Waals surface area contributed by atoms with Crippen molar-refractivity contribution < 1.29 is 31.8 Å². The molecule has 2 heterocycles. The molecule has 34 heavy (non-hydrogen) atoms. The molecule has 182 valence electrons. The van der Waals surface area contributed by atoms with Crippen molar-refractivity contribution in [2.75, 3.05) is 25.6 Å². The van der Waals surface area contributed by atoms with Crippen LogP contribution >= 0.6 is 0 Å². The molecule has 0 unspecified atom stereocenters. The van der Waals surface area contributed by atoms with E-state index in [0.29, 0.717) is 43.5 Å². The summed E-state index contributed by atoms with van der Waals surface area (Å²) in [6, 6.07) is 9.37. The molecule has 2 aromatic heterocycles. The van der Waals surface area contributed by atoms with Crippen LogP contribution in [-0.2, 0) is 21.4 Å². The first kappa shape index (κ1) is 25.5. The van der Waals surface area contributed by atoms with E-state index in [2.05, 4.69) is 9.98 Å². The van der Waals surface area contributed by atoms with Crippen LogP contribution in [0.1, 0.15) is 18.4 Å². The van der Waals surface area contributed by atoms with Crippen molar-refractivity contribution in [3.05, 3.63) is 54.5 Å². The van der Waals surface area contributed by atoms with E-state index < -0.39 is 10.1 Å². The van der Waals surface area contributed by atoms with Crippen molar-refractivity contribution in [2.45, 2.75) is 26.3 Å². The monoisotopic (exact) mass is 489 g/mol. The quantitative estimate of drug-likeness (QED) is 0.115. The number of aliphatic hydroxyl groups excluding tert-OH is 1. The number of pyridine rings is 1. The van der Waals surface area contributed by atoms with Crippen molar-refractivity contribution in [3.8, 4) is 22.8 Å². The number of oxazole rings is 1. The van der Waals surface area contributed by atoms with Gasteiger partial charge in [-0.15, -0.1) is 0 Å². The number of nitrogens with two attached hydrogens (primary N) is 1. The van der Waals surface area contributed by atoms with Crippen LogP contribution in [0, 0.1) is 6.92 Å². The van der Waals surface area contributed by atoms with Crippen molar-refractivity contribution >= 4 is 21.6 Å². The van der Waals surface area contributed by atoms with Crippen molar-refractivity contribution in [1.82, 2.24) is 4.98 Å². The smallest absolute Gasteiger partial charge is 0.265 e. The Morgan fingerprint density at radius 3 is 2.65 bits per heavy atom. The number of amidine groups is 1. The largest absolute Gasteiger partial charge is 0.436 e. The Balaban J connectivity index is 1.65. The first-order valence-corrected chi connectivity index (χ1v) is 12.4. The summed E-state index contributed by atoms with van der Waals surface area (Å²) in [5.74, 6) is 1.26. The second kappa shape index (κ2) is 11.8. The lowest BCUT2D eigenvalue weighted by atomic mass is 10.1. The van der Waals surface area contributed by atoms with E-state index >= 15 is 0 Å². The van der Waals surface area contributed by atoms with Gasteiger partial charge in [-0.3, -0.25) is 4.55 Å². The van der Waals surface area contributed by atoms with Gasteiger partial charge in [-0.1, -0.05) is 0 Å². The molecule has 0 bridgehead atoms. The third-order valence-corrected chi connectivity index (χ3v) is 5.75. The number of aryl methyl sites for hydroxylation is 2. The molecule has 0 fully saturated rings. The maximum absolute atomic E-state index is 10.8. The molecule has 10 nitrogen and oxygen atoms in total. The fourth-order valence-corrected chi connectivity index (χ4v) is 3.70. The minimum absolute atomic E-state index is 0.0229. The highest BCUT2D eigenvalue weighted by molar-refractivity contribution is 7.85. The highest BCUT2D eigenvalue weighted by Gasteiger charge is 2.12. The van der Waals surface area contributed by atoms with E-state index in [-0.39, 0.29) is 19.0 Å². The van der Waals surface area contributed by atoms with Gasteiger partial charge in [0.1, 0.15) is 12.4 Å². The SMILES string of the molecule is Cc1cc(-c2cnc(-c3cc[n+](CCCS(=O)(=O)O)cc3)o2)ccc1N=C(N)CCOCCO. The molecular weight excluding hydrogens is 460 g/mol. The molecule has 3 aromatic rings. The number of nitrogens with zero attached hydrogens (tertiary/aromatic N) is 3. The van der Waals surface area contributed by atoms with Gasteiger partial charge in [-0.25, -0.2) is 14.5 Å². The first-order chi connectivity index (χ1) is 16.2. The van der Waals surface area contributed by atoms with Crippen LogP contribution < -0.4 is 10.3 Å². The first-order valence-electron chi connectivity index (χ1n) is 10.8. The van der Waals surface area contributed by atoms with E-state index in [9.17, 15) is 8.42 Å². The Labute approximate surface area is 198 Å². The summed E-state index contributed by atoms with van der Waals surface area (Å²) >= 11 is 0. The molecule has 0 saturated heterocycles. The van der Waals surface area contributed by atoms with Gasteiger partial charge in [0, 0.05) is 36.1 Å². The predicted molar refractivity (Wildman–Crippen MR) is 127 cm³/mol. The van der Waals surface area contributed by atoms with E-state index in [1.54, 1.807) is 18.6 Å². The van der Waals surface area contributed by atoms with Gasteiger partial charge in [-0.2, -0.15) is 8.42 Å². The third-order valence-electron chi connectivity index (χ3n) is 4.95. The van der Waals surface area contributed by atoms with Crippen LogP contribution in [0.4, 0.5) is 5.69 Å². The van der Waals surface area contributed by atoms with Gasteiger partial charge in [0.05, 0.1) is 37.5 Å². The summed E-state index contributed by atoms with van der Waals surface area (Å²) in [5.41, 5.74) is 9.30. The average Bonchev–Trinajstić information content (AvgIpc) is 3.28. The molecule has 0 aliphatic heterocycles. The topological polar surface area (TPSA) is 152 Å². The van der Waals surface area contributed by atoms with Crippen molar-refractivity contribution in [2.24, 2.45) is 10.7 Å². The molecule has 0 radical (unpaired) electrons. The lowest BCUT2D eigenvalue weighted by molar-refractivity contribution is -0.696. The predicted octanol–water partition coefficient (Wildman–Crippen LogP) is 2.27. The van der Waals surface area contributed by atoms with Crippen LogP contribution in [0.2, 0.25) is 0 Å². The van der Waals surface area contributed by atoms with Gasteiger partial charge in [-0.05, 0) is 30.7 Å². The molecule has 0 spiro atoms. The number of benzene rings is 1. The molecule has 0 aliphatic rings. The number of aliphatic imine (C=N–C) groups is 1. The minimum atomic E-state index is -3.95. The van der Waals surface area contributed by atoms with Gasteiger partial charge in [0.25, 0.3) is 10.1 Å². The molecule has 1 aromatic carbocycles. The van der Waals surface area contributed by atoms with Gasteiger partial charge >= 0.3 is 0 Å². The van der Waals surface area contributed by atoms with Crippen molar-refractivity contribution in [3.63, 3.8) is 0 Å². The Bertz CT molecular complexity index is 1220. The Hall–Kier alpha value is -3.12. The maximum atomic E-state index is 10.8. The van der Waals surface area contributed by atoms with E-state index in [1.807, 2.05) is 41.8 Å². The van der Waals surface area contributed by atoms with Gasteiger partial charge in [0.2, 0.25) is 5.89 Å². The van der Waals surface area contributed by atoms with Crippen LogP contribution in [0.25, 0.3) is 22.8 Å². The molecule has 0 saturated carbocycles. The summed E-state index contributed by atoms with van der Waals surface area (Å²) in [6.07, 6.45) is 6.06. The number of rotatable bonds is 12. The van der Waals surface area contributed by atoms with Crippen LogP contribution in [0.5, 0.6) is 0 Å². The second-order valence-electron chi connectivity index (χ2n) is 7.68. The fraction of sp³-hybridized carbons (Fsp3) is 0.348. The van der Waals surface area contributed by atoms with E-state index in [4.69, 9.17) is 24.5 Å². The number of hydrogen-bond donors (Lipinski definition) is 3. The molecule has 0 aliphatic carbocycles. The summed E-state index contributed by atoms with van der Waals surface area (Å²) in [5, 5.41) is 8.73. The highest BCUT2D eigenvalue weighted by Crippen LogP contribution is 2.29. The Morgan fingerprint density at radius 1 is 1.21 bits per heavy atom. The lowest BCUT2D eigenvalue weighted by Crippen LogP contribution is -2.33. The van der Waals surface area contributed by atoms with Crippen LogP contribution in [-0.4, -0.2) is 54.5 Å². The fourth-order valence-electron chi connectivity index (χ4n) is 3.21. The van der Waals surface area contributed by atoms with Gasteiger partial charge < -0.3 is 20.0 Å².